The highest BCUT2D eigenvalue weighted by Crippen LogP contribution is 2.23. The number of rotatable bonds is 6. The molecule has 1 aromatic carbocycles. The Hall–Kier alpha value is -1.94. The summed E-state index contributed by atoms with van der Waals surface area (Å²) in [7, 11) is -1.86. The van der Waals surface area contributed by atoms with E-state index in [9.17, 15) is 13.2 Å². The van der Waals surface area contributed by atoms with Crippen LogP contribution in [0.1, 0.15) is 6.92 Å². The summed E-state index contributed by atoms with van der Waals surface area (Å²) in [4.78, 5) is 14.5. The summed E-state index contributed by atoms with van der Waals surface area (Å²) in [5.74, 6) is 0.547. The fourth-order valence-corrected chi connectivity index (χ4v) is 5.55. The van der Waals surface area contributed by atoms with Crippen molar-refractivity contribution in [3.05, 3.63) is 41.8 Å². The molecule has 0 spiro atoms. The lowest BCUT2D eigenvalue weighted by atomic mass is 10.2. The first-order chi connectivity index (χ1) is 12.9. The predicted molar refractivity (Wildman–Crippen MR) is 106 cm³/mol. The first-order valence-electron chi connectivity index (χ1n) is 8.64. The number of hydrogen-bond donors (Lipinski definition) is 1. The molecule has 1 fully saturated rings. The Balaban J connectivity index is 1.58. The molecule has 1 aliphatic rings. The molecule has 1 atom stereocenters. The van der Waals surface area contributed by atoms with Crippen molar-refractivity contribution in [2.24, 2.45) is 0 Å². The normalized spacial score (nSPS) is 17.4. The van der Waals surface area contributed by atoms with E-state index < -0.39 is 10.0 Å². The highest BCUT2D eigenvalue weighted by molar-refractivity contribution is 7.91. The van der Waals surface area contributed by atoms with Crippen molar-refractivity contribution in [2.75, 3.05) is 38.6 Å². The second kappa shape index (κ2) is 8.39. The number of methoxy groups -OCH3 is 1. The van der Waals surface area contributed by atoms with Crippen molar-refractivity contribution >= 4 is 33.0 Å². The Morgan fingerprint density at radius 1 is 1.19 bits per heavy atom. The van der Waals surface area contributed by atoms with Crippen molar-refractivity contribution in [1.29, 1.82) is 0 Å². The number of carbonyl (C=O) groups excluding carboxylic acids is 1. The van der Waals surface area contributed by atoms with Crippen LogP contribution < -0.4 is 10.1 Å². The van der Waals surface area contributed by atoms with Gasteiger partial charge in [-0.1, -0.05) is 12.1 Å². The van der Waals surface area contributed by atoms with Crippen molar-refractivity contribution in [3.63, 3.8) is 0 Å². The third kappa shape index (κ3) is 4.49. The summed E-state index contributed by atoms with van der Waals surface area (Å²) in [6, 6.07) is 10.2. The van der Waals surface area contributed by atoms with Gasteiger partial charge in [-0.05, 0) is 30.5 Å². The molecule has 0 saturated carbocycles. The van der Waals surface area contributed by atoms with Gasteiger partial charge >= 0.3 is 0 Å². The van der Waals surface area contributed by atoms with Crippen LogP contribution in [0.25, 0.3) is 0 Å². The zero-order valence-corrected chi connectivity index (χ0v) is 16.9. The molecule has 1 amide bonds. The SMILES string of the molecule is COc1cccc(NC(=O)[C@H](C)N2CCN(S(=O)(=O)c3cccs3)CC2)c1. The molecule has 146 valence electrons. The number of benzene rings is 1. The maximum atomic E-state index is 12.6. The second-order valence-corrected chi connectivity index (χ2v) is 9.38. The van der Waals surface area contributed by atoms with Crippen LogP contribution >= 0.6 is 11.3 Å². The Bertz CT molecular complexity index is 876. The minimum Gasteiger partial charge on any atom is -0.497 e. The molecule has 0 unspecified atom stereocenters. The number of amides is 1. The van der Waals surface area contributed by atoms with Crippen LogP contribution in [0, 0.1) is 0 Å². The number of ether oxygens (including phenoxy) is 1. The molecule has 3 rings (SSSR count). The molecule has 1 aliphatic heterocycles. The number of anilines is 1. The summed E-state index contributed by atoms with van der Waals surface area (Å²) in [6.07, 6.45) is 0. The third-order valence-electron chi connectivity index (χ3n) is 4.63. The molecular formula is C18H23N3O4S2. The highest BCUT2D eigenvalue weighted by Gasteiger charge is 2.32. The van der Waals surface area contributed by atoms with Gasteiger partial charge in [0.05, 0.1) is 13.2 Å². The fourth-order valence-electron chi connectivity index (χ4n) is 2.98. The van der Waals surface area contributed by atoms with Gasteiger partial charge < -0.3 is 10.1 Å². The van der Waals surface area contributed by atoms with Gasteiger partial charge in [-0.3, -0.25) is 9.69 Å². The molecule has 1 saturated heterocycles. The molecular weight excluding hydrogens is 386 g/mol. The first-order valence-corrected chi connectivity index (χ1v) is 11.0. The molecule has 27 heavy (non-hydrogen) atoms. The summed E-state index contributed by atoms with van der Waals surface area (Å²) in [5, 5.41) is 4.64. The van der Waals surface area contributed by atoms with Crippen LogP contribution in [0.4, 0.5) is 5.69 Å². The van der Waals surface area contributed by atoms with E-state index in [4.69, 9.17) is 4.74 Å². The standard InChI is InChI=1S/C18H23N3O4S2/c1-14(18(22)19-15-5-3-6-16(13-15)25-2)20-8-10-21(11-9-20)27(23,24)17-7-4-12-26-17/h3-7,12-14H,8-11H2,1-2H3,(H,19,22)/t14-/m0/s1. The Morgan fingerprint density at radius 2 is 1.93 bits per heavy atom. The van der Waals surface area contributed by atoms with Crippen LogP contribution in [0.2, 0.25) is 0 Å². The Kier molecular flexibility index (Phi) is 6.15. The first kappa shape index (κ1) is 19.8. The molecule has 0 radical (unpaired) electrons. The fraction of sp³-hybridized carbons (Fsp3) is 0.389. The lowest BCUT2D eigenvalue weighted by molar-refractivity contribution is -0.121. The summed E-state index contributed by atoms with van der Waals surface area (Å²) >= 11 is 1.22. The minimum absolute atomic E-state index is 0.127. The van der Waals surface area contributed by atoms with E-state index in [1.807, 2.05) is 24.0 Å². The third-order valence-corrected chi connectivity index (χ3v) is 7.90. The average molecular weight is 410 g/mol. The van der Waals surface area contributed by atoms with E-state index in [0.717, 1.165) is 0 Å². The maximum Gasteiger partial charge on any atom is 0.252 e. The minimum atomic E-state index is -3.43. The van der Waals surface area contributed by atoms with Crippen molar-refractivity contribution in [2.45, 2.75) is 17.2 Å². The van der Waals surface area contributed by atoms with Crippen LogP contribution in [0.15, 0.2) is 46.0 Å². The topological polar surface area (TPSA) is 79.0 Å². The van der Waals surface area contributed by atoms with E-state index in [1.54, 1.807) is 36.8 Å². The van der Waals surface area contributed by atoms with Crippen molar-refractivity contribution < 1.29 is 17.9 Å². The maximum absolute atomic E-state index is 12.6. The van der Waals surface area contributed by atoms with Crippen LogP contribution in [-0.4, -0.2) is 62.9 Å². The molecule has 7 nitrogen and oxygen atoms in total. The highest BCUT2D eigenvalue weighted by atomic mass is 32.2. The zero-order valence-electron chi connectivity index (χ0n) is 15.3. The van der Waals surface area contributed by atoms with Crippen LogP contribution in [0.5, 0.6) is 5.75 Å². The van der Waals surface area contributed by atoms with Crippen molar-refractivity contribution in [3.8, 4) is 5.75 Å². The van der Waals surface area contributed by atoms with E-state index in [-0.39, 0.29) is 11.9 Å². The predicted octanol–water partition coefficient (Wildman–Crippen LogP) is 2.09. The van der Waals surface area contributed by atoms with Crippen LogP contribution in [-0.2, 0) is 14.8 Å². The number of sulfonamides is 1. The van der Waals surface area contributed by atoms with Gasteiger partial charge in [0.25, 0.3) is 10.0 Å². The number of hydrogen-bond acceptors (Lipinski definition) is 6. The number of nitrogens with one attached hydrogen (secondary N) is 1. The average Bonchev–Trinajstić information content (AvgIpc) is 3.23. The summed E-state index contributed by atoms with van der Waals surface area (Å²) in [6.45, 7) is 3.60. The number of nitrogens with zero attached hydrogens (tertiary/aromatic N) is 2. The number of carbonyl (C=O) groups is 1. The van der Waals surface area contributed by atoms with E-state index >= 15 is 0 Å². The van der Waals surface area contributed by atoms with Gasteiger partial charge in [0.2, 0.25) is 5.91 Å². The Morgan fingerprint density at radius 3 is 2.56 bits per heavy atom. The molecule has 0 bridgehead atoms. The summed E-state index contributed by atoms with van der Waals surface area (Å²) < 4.78 is 32.2. The number of thiophene rings is 1. The molecule has 2 heterocycles. The van der Waals surface area contributed by atoms with Gasteiger partial charge in [0, 0.05) is 37.9 Å². The molecule has 2 aromatic rings. The van der Waals surface area contributed by atoms with Gasteiger partial charge in [-0.25, -0.2) is 8.42 Å². The zero-order chi connectivity index (χ0) is 19.4. The smallest absolute Gasteiger partial charge is 0.252 e. The van der Waals surface area contributed by atoms with E-state index in [2.05, 4.69) is 5.32 Å². The Labute approximate surface area is 163 Å². The molecule has 1 aromatic heterocycles. The van der Waals surface area contributed by atoms with E-state index in [1.165, 1.54) is 15.6 Å². The van der Waals surface area contributed by atoms with Gasteiger partial charge in [-0.2, -0.15) is 4.31 Å². The van der Waals surface area contributed by atoms with E-state index in [0.29, 0.717) is 41.8 Å². The summed E-state index contributed by atoms with van der Waals surface area (Å²) in [5.41, 5.74) is 0.671. The van der Waals surface area contributed by atoms with Gasteiger partial charge in [-0.15, -0.1) is 11.3 Å². The monoisotopic (exact) mass is 409 g/mol. The largest absolute Gasteiger partial charge is 0.497 e. The van der Waals surface area contributed by atoms with Gasteiger partial charge in [0.15, 0.2) is 0 Å². The second-order valence-electron chi connectivity index (χ2n) is 6.27. The van der Waals surface area contributed by atoms with Crippen LogP contribution in [0.3, 0.4) is 0 Å². The molecule has 1 N–H and O–H groups in total. The van der Waals surface area contributed by atoms with Gasteiger partial charge in [0.1, 0.15) is 9.96 Å². The lowest BCUT2D eigenvalue weighted by Crippen LogP contribution is -2.53. The molecule has 9 heteroatoms. The van der Waals surface area contributed by atoms with Crippen molar-refractivity contribution in [1.82, 2.24) is 9.21 Å². The quantitative estimate of drug-likeness (QED) is 0.790. The molecule has 0 aliphatic carbocycles. The lowest BCUT2D eigenvalue weighted by Gasteiger charge is -2.36. The number of piperazine rings is 1.